The van der Waals surface area contributed by atoms with Crippen LogP contribution < -0.4 is 4.90 Å². The predicted octanol–water partition coefficient (Wildman–Crippen LogP) is 2.75. The summed E-state index contributed by atoms with van der Waals surface area (Å²) in [6.45, 7) is 4.04. The molecule has 0 spiro atoms. The molecule has 32 heavy (non-hydrogen) atoms. The number of aliphatic hydroxyl groups is 1. The Bertz CT molecular complexity index is 1060. The number of carbonyl (C=O) groups excluding carboxylic acids is 1. The first-order valence-corrected chi connectivity index (χ1v) is 10.5. The smallest absolute Gasteiger partial charge is 0.396 e. The molecule has 1 amide bonds. The lowest BCUT2D eigenvalue weighted by Crippen LogP contribution is -2.49. The molecule has 2 saturated heterocycles. The Hall–Kier alpha value is -3.06. The number of alkyl halides is 3. The van der Waals surface area contributed by atoms with E-state index in [2.05, 4.69) is 5.10 Å². The number of aromatic nitrogens is 2. The fourth-order valence-electron chi connectivity index (χ4n) is 4.92. The van der Waals surface area contributed by atoms with E-state index in [4.69, 9.17) is 5.26 Å². The molecule has 2 fully saturated rings. The van der Waals surface area contributed by atoms with Gasteiger partial charge in [0.25, 0.3) is 5.91 Å². The van der Waals surface area contributed by atoms with Crippen molar-refractivity contribution >= 4 is 11.6 Å². The van der Waals surface area contributed by atoms with Crippen LogP contribution in [-0.4, -0.2) is 58.5 Å². The maximum Gasteiger partial charge on any atom is 0.417 e. The number of hydrogen-bond donors (Lipinski definition) is 1. The predicted molar refractivity (Wildman–Crippen MR) is 110 cm³/mol. The molecule has 0 radical (unpaired) electrons. The summed E-state index contributed by atoms with van der Waals surface area (Å²) >= 11 is 0. The van der Waals surface area contributed by atoms with Crippen LogP contribution in [0.5, 0.6) is 0 Å². The number of rotatable bonds is 4. The van der Waals surface area contributed by atoms with Gasteiger partial charge in [0.15, 0.2) is 0 Å². The highest BCUT2D eigenvalue weighted by Gasteiger charge is 2.50. The van der Waals surface area contributed by atoms with E-state index in [0.29, 0.717) is 50.5 Å². The van der Waals surface area contributed by atoms with Crippen LogP contribution >= 0.6 is 0 Å². The van der Waals surface area contributed by atoms with E-state index in [9.17, 15) is 23.1 Å². The van der Waals surface area contributed by atoms with E-state index >= 15 is 0 Å². The van der Waals surface area contributed by atoms with Gasteiger partial charge in [-0.2, -0.15) is 23.5 Å². The summed E-state index contributed by atoms with van der Waals surface area (Å²) in [6.07, 6.45) is -2.50. The van der Waals surface area contributed by atoms with Gasteiger partial charge in [-0.15, -0.1) is 0 Å². The molecule has 1 aromatic carbocycles. The highest BCUT2D eigenvalue weighted by atomic mass is 19.4. The zero-order valence-corrected chi connectivity index (χ0v) is 17.6. The molecule has 2 aliphatic heterocycles. The van der Waals surface area contributed by atoms with E-state index in [1.807, 2.05) is 11.8 Å². The number of hydrogen-bond acceptors (Lipinski definition) is 5. The van der Waals surface area contributed by atoms with Gasteiger partial charge >= 0.3 is 6.18 Å². The van der Waals surface area contributed by atoms with Gasteiger partial charge in [0.1, 0.15) is 5.69 Å². The first-order valence-electron chi connectivity index (χ1n) is 10.5. The molecule has 7 nitrogen and oxygen atoms in total. The highest BCUT2D eigenvalue weighted by molar-refractivity contribution is 5.92. The van der Waals surface area contributed by atoms with Crippen molar-refractivity contribution < 1.29 is 23.1 Å². The number of likely N-dealkylation sites (tertiary alicyclic amines) is 1. The van der Waals surface area contributed by atoms with Crippen LogP contribution in [0.1, 0.15) is 35.0 Å². The van der Waals surface area contributed by atoms with Gasteiger partial charge in [-0.1, -0.05) is 0 Å². The monoisotopic (exact) mass is 447 g/mol. The Kier molecular flexibility index (Phi) is 5.63. The summed E-state index contributed by atoms with van der Waals surface area (Å²) < 4.78 is 41.8. The largest absolute Gasteiger partial charge is 0.417 e. The minimum absolute atomic E-state index is 0.0896. The number of amides is 1. The zero-order chi connectivity index (χ0) is 23.1. The van der Waals surface area contributed by atoms with Crippen LogP contribution in [0.4, 0.5) is 18.9 Å². The van der Waals surface area contributed by atoms with Crippen molar-refractivity contribution in [2.75, 3.05) is 37.7 Å². The van der Waals surface area contributed by atoms with Crippen LogP contribution in [0.15, 0.2) is 30.5 Å². The fourth-order valence-corrected chi connectivity index (χ4v) is 4.92. The lowest BCUT2D eigenvalue weighted by Gasteiger charge is -2.43. The Balaban J connectivity index is 1.57. The SMILES string of the molecule is CCn1nccc1C(=O)N1C[C@H]2CN(c3ccc(C#N)c(C(F)(F)F)c3)CC[C@@]2(CO)C1. The standard InChI is InChI=1S/C22H24F3N5O2/c1-2-30-19(5-7-27-30)20(32)29-12-16-11-28(8-6-21(16,13-29)14-31)17-4-3-15(10-26)18(9-17)22(23,24)25/h3-5,7,9,16,31H,2,6,8,11-14H2,1H3/t16-,21+/m1/s1. The lowest BCUT2D eigenvalue weighted by molar-refractivity contribution is -0.137. The quantitative estimate of drug-likeness (QED) is 0.779. The Morgan fingerprint density at radius 1 is 1.34 bits per heavy atom. The maximum atomic E-state index is 13.4. The fraction of sp³-hybridized carbons (Fsp3) is 0.500. The van der Waals surface area contributed by atoms with Gasteiger partial charge in [0.05, 0.1) is 23.8 Å². The number of aliphatic hydroxyl groups excluding tert-OH is 1. The molecule has 2 aromatic rings. The Morgan fingerprint density at radius 2 is 2.12 bits per heavy atom. The van der Waals surface area contributed by atoms with Gasteiger partial charge in [-0.05, 0) is 37.6 Å². The minimum atomic E-state index is -4.62. The summed E-state index contributed by atoms with van der Waals surface area (Å²) in [5, 5.41) is 23.4. The number of nitrogens with zero attached hydrogens (tertiary/aromatic N) is 5. The second kappa shape index (κ2) is 8.13. The van der Waals surface area contributed by atoms with Gasteiger partial charge in [-0.25, -0.2) is 0 Å². The van der Waals surface area contributed by atoms with Crippen LogP contribution in [0.25, 0.3) is 0 Å². The number of benzene rings is 1. The summed E-state index contributed by atoms with van der Waals surface area (Å²) in [7, 11) is 0. The third-order valence-corrected chi connectivity index (χ3v) is 6.76. The molecular formula is C22H24F3N5O2. The van der Waals surface area contributed by atoms with E-state index in [0.717, 1.165) is 6.07 Å². The number of fused-ring (bicyclic) bond motifs is 1. The molecule has 3 heterocycles. The number of aryl methyl sites for hydroxylation is 1. The number of nitriles is 1. The molecule has 10 heteroatoms. The molecule has 2 aliphatic rings. The molecule has 0 unspecified atom stereocenters. The zero-order valence-electron chi connectivity index (χ0n) is 17.6. The molecular weight excluding hydrogens is 423 g/mol. The molecule has 0 bridgehead atoms. The third kappa shape index (κ3) is 3.71. The third-order valence-electron chi connectivity index (χ3n) is 6.76. The maximum absolute atomic E-state index is 13.4. The number of carbonyl (C=O) groups is 1. The van der Waals surface area contributed by atoms with Crippen molar-refractivity contribution in [1.29, 1.82) is 5.26 Å². The van der Waals surface area contributed by atoms with E-state index in [-0.39, 0.29) is 18.4 Å². The first kappa shape index (κ1) is 22.1. The highest BCUT2D eigenvalue weighted by Crippen LogP contribution is 2.44. The number of anilines is 1. The molecule has 2 atom stereocenters. The second-order valence-corrected chi connectivity index (χ2v) is 8.47. The van der Waals surface area contributed by atoms with Crippen LogP contribution in [0.2, 0.25) is 0 Å². The van der Waals surface area contributed by atoms with Gasteiger partial charge < -0.3 is 14.9 Å². The van der Waals surface area contributed by atoms with Crippen molar-refractivity contribution in [3.05, 3.63) is 47.3 Å². The van der Waals surface area contributed by atoms with Gasteiger partial charge in [-0.3, -0.25) is 9.48 Å². The molecule has 1 N–H and O–H groups in total. The van der Waals surface area contributed by atoms with E-state index in [1.165, 1.54) is 12.1 Å². The topological polar surface area (TPSA) is 85.4 Å². The van der Waals surface area contributed by atoms with Crippen LogP contribution in [0.3, 0.4) is 0 Å². The van der Waals surface area contributed by atoms with Crippen molar-refractivity contribution in [3.8, 4) is 6.07 Å². The molecule has 170 valence electrons. The van der Waals surface area contributed by atoms with E-state index in [1.54, 1.807) is 27.9 Å². The van der Waals surface area contributed by atoms with Crippen molar-refractivity contribution in [1.82, 2.24) is 14.7 Å². The van der Waals surface area contributed by atoms with Crippen molar-refractivity contribution in [2.24, 2.45) is 11.3 Å². The van der Waals surface area contributed by atoms with Gasteiger partial charge in [0.2, 0.25) is 0 Å². The normalized spacial score (nSPS) is 23.2. The van der Waals surface area contributed by atoms with Crippen molar-refractivity contribution in [2.45, 2.75) is 26.1 Å². The van der Waals surface area contributed by atoms with Crippen molar-refractivity contribution in [3.63, 3.8) is 0 Å². The lowest BCUT2D eigenvalue weighted by atomic mass is 9.73. The molecule has 4 rings (SSSR count). The Morgan fingerprint density at radius 3 is 2.78 bits per heavy atom. The Labute approximate surface area is 183 Å². The summed E-state index contributed by atoms with van der Waals surface area (Å²) in [4.78, 5) is 16.6. The summed E-state index contributed by atoms with van der Waals surface area (Å²) in [6, 6.07) is 7.01. The molecule has 0 aliphatic carbocycles. The molecule has 0 saturated carbocycles. The number of piperidine rings is 1. The summed E-state index contributed by atoms with van der Waals surface area (Å²) in [5.41, 5.74) is -0.974. The van der Waals surface area contributed by atoms with E-state index < -0.39 is 22.7 Å². The average Bonchev–Trinajstić information content (AvgIpc) is 3.42. The molecule has 1 aromatic heterocycles. The second-order valence-electron chi connectivity index (χ2n) is 8.47. The first-order chi connectivity index (χ1) is 15.2. The average molecular weight is 447 g/mol. The minimum Gasteiger partial charge on any atom is -0.396 e. The summed E-state index contributed by atoms with van der Waals surface area (Å²) in [5.74, 6) is -0.246. The van der Waals surface area contributed by atoms with Gasteiger partial charge in [0, 0.05) is 55.9 Å². The number of halogens is 3. The van der Waals surface area contributed by atoms with Crippen LogP contribution in [-0.2, 0) is 12.7 Å². The van der Waals surface area contributed by atoms with Crippen LogP contribution in [0, 0.1) is 22.7 Å².